The zero-order valence-electron chi connectivity index (χ0n) is 11.0. The zero-order valence-corrected chi connectivity index (χ0v) is 11.8. The molecule has 0 spiro atoms. The number of carbonyl (C=O) groups excluding carboxylic acids is 1. The summed E-state index contributed by atoms with van der Waals surface area (Å²) in [6.07, 6.45) is 1.04. The van der Waals surface area contributed by atoms with Crippen LogP contribution in [0.4, 0.5) is 0 Å². The van der Waals surface area contributed by atoms with Crippen LogP contribution in [0.2, 0.25) is 0 Å². The van der Waals surface area contributed by atoms with E-state index in [0.717, 1.165) is 0 Å². The Kier molecular flexibility index (Phi) is 4.74. The van der Waals surface area contributed by atoms with E-state index in [1.165, 1.54) is 11.3 Å². The highest BCUT2D eigenvalue weighted by Crippen LogP contribution is 2.31. The van der Waals surface area contributed by atoms with Gasteiger partial charge in [0.25, 0.3) is 0 Å². The van der Waals surface area contributed by atoms with Gasteiger partial charge in [0.2, 0.25) is 5.91 Å². The standard InChI is InChI=1S/C13H18N2O4S/c14-8-13(3-5-19-6-4-13)12(18)15-10(11(16)17)9-2-1-7-20-9/h1-2,7,10H,3-6,8,14H2,(H,15,18)(H,16,17). The molecule has 1 aromatic rings. The Morgan fingerprint density at radius 2 is 2.20 bits per heavy atom. The van der Waals surface area contributed by atoms with Crippen molar-refractivity contribution in [2.45, 2.75) is 18.9 Å². The quantitative estimate of drug-likeness (QED) is 0.744. The molecule has 110 valence electrons. The second-order valence-corrected chi connectivity index (χ2v) is 5.84. The van der Waals surface area contributed by atoms with Crippen molar-refractivity contribution in [2.75, 3.05) is 19.8 Å². The second kappa shape index (κ2) is 6.34. The minimum Gasteiger partial charge on any atom is -0.479 e. The molecule has 20 heavy (non-hydrogen) atoms. The molecule has 0 aliphatic carbocycles. The fraction of sp³-hybridized carbons (Fsp3) is 0.538. The van der Waals surface area contributed by atoms with Gasteiger partial charge in [-0.25, -0.2) is 4.79 Å². The van der Waals surface area contributed by atoms with Gasteiger partial charge < -0.3 is 20.9 Å². The number of carboxylic acid groups (broad SMARTS) is 1. The van der Waals surface area contributed by atoms with Crippen LogP contribution in [-0.4, -0.2) is 36.7 Å². The van der Waals surface area contributed by atoms with E-state index in [2.05, 4.69) is 5.32 Å². The van der Waals surface area contributed by atoms with Gasteiger partial charge in [-0.3, -0.25) is 4.79 Å². The fourth-order valence-corrected chi connectivity index (χ4v) is 3.05. The lowest BCUT2D eigenvalue weighted by atomic mass is 9.79. The molecule has 1 amide bonds. The van der Waals surface area contributed by atoms with Gasteiger partial charge in [0.1, 0.15) is 0 Å². The number of nitrogens with two attached hydrogens (primary N) is 1. The molecule has 1 fully saturated rings. The van der Waals surface area contributed by atoms with Gasteiger partial charge in [0.05, 0.1) is 5.41 Å². The van der Waals surface area contributed by atoms with Gasteiger partial charge in [0, 0.05) is 24.6 Å². The van der Waals surface area contributed by atoms with Crippen LogP contribution in [0, 0.1) is 5.41 Å². The van der Waals surface area contributed by atoms with E-state index in [1.54, 1.807) is 17.5 Å². The number of hydrogen-bond acceptors (Lipinski definition) is 5. The molecular formula is C13H18N2O4S. The average Bonchev–Trinajstić information content (AvgIpc) is 2.98. The summed E-state index contributed by atoms with van der Waals surface area (Å²) in [7, 11) is 0. The van der Waals surface area contributed by atoms with E-state index in [9.17, 15) is 14.7 Å². The SMILES string of the molecule is NCC1(C(=O)NC(C(=O)O)c2cccs2)CCOCC1. The number of ether oxygens (including phenoxy) is 1. The average molecular weight is 298 g/mol. The van der Waals surface area contributed by atoms with E-state index < -0.39 is 17.4 Å². The molecule has 6 nitrogen and oxygen atoms in total. The molecule has 0 saturated carbocycles. The van der Waals surface area contributed by atoms with Crippen molar-refractivity contribution in [3.8, 4) is 0 Å². The maximum absolute atomic E-state index is 12.5. The number of thiophene rings is 1. The highest BCUT2D eigenvalue weighted by Gasteiger charge is 2.40. The Balaban J connectivity index is 2.13. The second-order valence-electron chi connectivity index (χ2n) is 4.86. The lowest BCUT2D eigenvalue weighted by Crippen LogP contribution is -2.50. The van der Waals surface area contributed by atoms with Crippen LogP contribution in [0.25, 0.3) is 0 Å². The topological polar surface area (TPSA) is 102 Å². The molecule has 1 unspecified atom stereocenters. The maximum Gasteiger partial charge on any atom is 0.331 e. The largest absolute Gasteiger partial charge is 0.479 e. The monoisotopic (exact) mass is 298 g/mol. The normalized spacial score (nSPS) is 19.2. The highest BCUT2D eigenvalue weighted by atomic mass is 32.1. The number of carboxylic acids is 1. The highest BCUT2D eigenvalue weighted by molar-refractivity contribution is 7.10. The smallest absolute Gasteiger partial charge is 0.331 e. The van der Waals surface area contributed by atoms with Crippen LogP contribution in [0.3, 0.4) is 0 Å². The number of rotatable bonds is 5. The molecule has 4 N–H and O–H groups in total. The number of amides is 1. The van der Waals surface area contributed by atoms with Crippen molar-refractivity contribution in [3.63, 3.8) is 0 Å². The van der Waals surface area contributed by atoms with Crippen LogP contribution in [0.1, 0.15) is 23.8 Å². The van der Waals surface area contributed by atoms with Gasteiger partial charge >= 0.3 is 5.97 Å². The number of hydrogen-bond donors (Lipinski definition) is 3. The van der Waals surface area contributed by atoms with E-state index in [4.69, 9.17) is 10.5 Å². The number of nitrogens with one attached hydrogen (secondary N) is 1. The first-order valence-electron chi connectivity index (χ1n) is 6.44. The summed E-state index contributed by atoms with van der Waals surface area (Å²) in [6, 6.07) is 2.44. The predicted molar refractivity (Wildman–Crippen MR) is 74.4 cm³/mol. The maximum atomic E-state index is 12.5. The lowest BCUT2D eigenvalue weighted by molar-refractivity contribution is -0.145. The molecule has 1 aliphatic rings. The third kappa shape index (κ3) is 3.00. The van der Waals surface area contributed by atoms with Crippen molar-refractivity contribution < 1.29 is 19.4 Å². The summed E-state index contributed by atoms with van der Waals surface area (Å²) in [5, 5.41) is 13.7. The van der Waals surface area contributed by atoms with Crippen molar-refractivity contribution in [1.82, 2.24) is 5.32 Å². The van der Waals surface area contributed by atoms with Crippen molar-refractivity contribution >= 4 is 23.2 Å². The Hall–Kier alpha value is -1.44. The molecule has 0 bridgehead atoms. The Labute approximate surface area is 120 Å². The zero-order chi connectivity index (χ0) is 14.6. The van der Waals surface area contributed by atoms with Gasteiger partial charge in [-0.2, -0.15) is 0 Å². The first-order valence-corrected chi connectivity index (χ1v) is 7.32. The van der Waals surface area contributed by atoms with Crippen LogP contribution < -0.4 is 11.1 Å². The van der Waals surface area contributed by atoms with Crippen LogP contribution in [-0.2, 0) is 14.3 Å². The molecule has 2 heterocycles. The van der Waals surface area contributed by atoms with E-state index in [1.807, 2.05) is 0 Å². The van der Waals surface area contributed by atoms with E-state index in [0.29, 0.717) is 30.9 Å². The van der Waals surface area contributed by atoms with Crippen molar-refractivity contribution in [2.24, 2.45) is 11.1 Å². The van der Waals surface area contributed by atoms with Crippen LogP contribution >= 0.6 is 11.3 Å². The summed E-state index contributed by atoms with van der Waals surface area (Å²) in [5.41, 5.74) is 5.03. The molecule has 0 radical (unpaired) electrons. The summed E-state index contributed by atoms with van der Waals surface area (Å²) < 4.78 is 5.25. The predicted octanol–water partition coefficient (Wildman–Crippen LogP) is 0.745. The van der Waals surface area contributed by atoms with E-state index in [-0.39, 0.29) is 12.5 Å². The van der Waals surface area contributed by atoms with Gasteiger partial charge in [-0.1, -0.05) is 6.07 Å². The fourth-order valence-electron chi connectivity index (χ4n) is 2.28. The molecule has 2 rings (SSSR count). The third-order valence-electron chi connectivity index (χ3n) is 3.67. The summed E-state index contributed by atoms with van der Waals surface area (Å²) in [4.78, 5) is 24.4. The Morgan fingerprint density at radius 3 is 2.70 bits per heavy atom. The summed E-state index contributed by atoms with van der Waals surface area (Å²) >= 11 is 1.30. The minimum atomic E-state index is -1.07. The van der Waals surface area contributed by atoms with Crippen molar-refractivity contribution in [3.05, 3.63) is 22.4 Å². The van der Waals surface area contributed by atoms with Crippen LogP contribution in [0.5, 0.6) is 0 Å². The first kappa shape index (κ1) is 15.0. The minimum absolute atomic E-state index is 0.193. The number of aliphatic carboxylic acids is 1. The van der Waals surface area contributed by atoms with Crippen molar-refractivity contribution in [1.29, 1.82) is 0 Å². The molecule has 1 atom stereocenters. The number of carbonyl (C=O) groups is 2. The molecule has 1 saturated heterocycles. The summed E-state index contributed by atoms with van der Waals surface area (Å²) in [5.74, 6) is -1.37. The first-order chi connectivity index (χ1) is 9.59. The lowest BCUT2D eigenvalue weighted by Gasteiger charge is -2.35. The van der Waals surface area contributed by atoms with Gasteiger partial charge in [-0.15, -0.1) is 11.3 Å². The Bertz CT molecular complexity index is 469. The molecule has 1 aliphatic heterocycles. The molecular weight excluding hydrogens is 280 g/mol. The molecule has 7 heteroatoms. The van der Waals surface area contributed by atoms with Gasteiger partial charge in [0.15, 0.2) is 6.04 Å². The third-order valence-corrected chi connectivity index (χ3v) is 4.61. The summed E-state index contributed by atoms with van der Waals surface area (Å²) in [6.45, 7) is 1.14. The Morgan fingerprint density at radius 1 is 1.50 bits per heavy atom. The molecule has 1 aromatic heterocycles. The van der Waals surface area contributed by atoms with Crippen LogP contribution in [0.15, 0.2) is 17.5 Å². The van der Waals surface area contributed by atoms with Gasteiger partial charge in [-0.05, 0) is 24.3 Å². The molecule has 0 aromatic carbocycles. The van der Waals surface area contributed by atoms with E-state index >= 15 is 0 Å².